The topological polar surface area (TPSA) is 201 Å². The van der Waals surface area contributed by atoms with E-state index >= 15 is 0 Å². The molecule has 0 saturated heterocycles. The third-order valence-corrected chi connectivity index (χ3v) is 4.76. The molecule has 2 rings (SSSR count). The number of hydrogen-bond acceptors (Lipinski definition) is 10. The summed E-state index contributed by atoms with van der Waals surface area (Å²) < 4.78 is 0. The average Bonchev–Trinajstić information content (AvgIpc) is 2.87. The fraction of sp³-hybridized carbons (Fsp3) is 0.438. The van der Waals surface area contributed by atoms with E-state index in [2.05, 4.69) is 0 Å². The van der Waals surface area contributed by atoms with Gasteiger partial charge in [0.25, 0.3) is 11.4 Å². The third kappa shape index (κ3) is 21.6. The van der Waals surface area contributed by atoms with Gasteiger partial charge in [-0.05, 0) is 52.0 Å². The van der Waals surface area contributed by atoms with Gasteiger partial charge in [-0.15, -0.1) is 0 Å². The van der Waals surface area contributed by atoms with Crippen LogP contribution in [-0.4, -0.2) is 54.0 Å². The van der Waals surface area contributed by atoms with E-state index in [9.17, 15) is 40.0 Å². The molecule has 0 fully saturated rings. The van der Waals surface area contributed by atoms with Gasteiger partial charge in [-0.3, -0.25) is 29.8 Å². The molecular formula is C32H46N2O10Ti. The quantitative estimate of drug-likeness (QED) is 0.0818. The number of nitrogens with zero attached hydrogens (tertiary/aromatic N) is 2. The molecule has 2 aromatic carbocycles. The zero-order valence-electron chi connectivity index (χ0n) is 27.6. The van der Waals surface area contributed by atoms with Gasteiger partial charge in [0.05, 0.1) is 9.85 Å². The first kappa shape index (κ1) is 45.7. The van der Waals surface area contributed by atoms with Crippen molar-refractivity contribution in [1.82, 2.24) is 0 Å². The SMILES string of the molecule is CC(C)(C)C(=O)/C=C(\O)c1ccc([N+](=O)[O-])cc1.CC(C)(C)C(=O)/C=C(\O)c1ccc([N+](=O)[O-])cc1.CC(C)O.CC(C)O.[Ti]. The Morgan fingerprint density at radius 3 is 0.978 bits per heavy atom. The van der Waals surface area contributed by atoms with E-state index in [1.807, 2.05) is 0 Å². The molecule has 0 atom stereocenters. The van der Waals surface area contributed by atoms with Crippen molar-refractivity contribution >= 4 is 34.5 Å². The molecule has 4 N–H and O–H groups in total. The van der Waals surface area contributed by atoms with Crippen LogP contribution in [0.4, 0.5) is 11.4 Å². The first-order valence-corrected chi connectivity index (χ1v) is 13.7. The van der Waals surface area contributed by atoms with E-state index in [4.69, 9.17) is 10.2 Å². The number of carbonyl (C=O) groups is 2. The number of carbonyl (C=O) groups excluding carboxylic acids is 2. The van der Waals surface area contributed by atoms with Gasteiger partial charge in [0.1, 0.15) is 11.5 Å². The maximum Gasteiger partial charge on any atom is 0.269 e. The summed E-state index contributed by atoms with van der Waals surface area (Å²) in [6.45, 7) is 17.4. The van der Waals surface area contributed by atoms with E-state index in [1.54, 1.807) is 69.2 Å². The van der Waals surface area contributed by atoms with E-state index < -0.39 is 20.7 Å². The number of nitro benzene ring substituents is 2. The van der Waals surface area contributed by atoms with Gasteiger partial charge < -0.3 is 20.4 Å². The van der Waals surface area contributed by atoms with Crippen LogP contribution in [0.25, 0.3) is 11.5 Å². The summed E-state index contributed by atoms with van der Waals surface area (Å²) in [5.74, 6) is -0.800. The molecule has 45 heavy (non-hydrogen) atoms. The molecule has 0 aromatic heterocycles. The summed E-state index contributed by atoms with van der Waals surface area (Å²) in [7, 11) is 0. The first-order chi connectivity index (χ1) is 19.9. The van der Waals surface area contributed by atoms with Crippen LogP contribution in [0.15, 0.2) is 60.7 Å². The predicted molar refractivity (Wildman–Crippen MR) is 171 cm³/mol. The molecule has 0 aliphatic carbocycles. The zero-order valence-corrected chi connectivity index (χ0v) is 29.1. The van der Waals surface area contributed by atoms with Crippen LogP contribution in [0.3, 0.4) is 0 Å². The maximum absolute atomic E-state index is 11.7. The number of allylic oxidation sites excluding steroid dienone is 2. The Labute approximate surface area is 279 Å². The second-order valence-corrected chi connectivity index (χ2v) is 12.1. The van der Waals surface area contributed by atoms with Gasteiger partial charge in [0.15, 0.2) is 11.6 Å². The molecular weight excluding hydrogens is 620 g/mol. The predicted octanol–water partition coefficient (Wildman–Crippen LogP) is 6.99. The monoisotopic (exact) mass is 666 g/mol. The summed E-state index contributed by atoms with van der Waals surface area (Å²) in [5, 5.41) is 56.6. The fourth-order valence-corrected chi connectivity index (χ4v) is 2.36. The molecule has 0 amide bonds. The number of rotatable bonds is 6. The fourth-order valence-electron chi connectivity index (χ4n) is 2.36. The van der Waals surface area contributed by atoms with Gasteiger partial charge >= 0.3 is 0 Å². The second-order valence-electron chi connectivity index (χ2n) is 12.1. The summed E-state index contributed by atoms with van der Waals surface area (Å²) in [5.41, 5.74) is -0.525. The minimum atomic E-state index is -0.575. The number of ketones is 2. The molecule has 0 bridgehead atoms. The third-order valence-electron chi connectivity index (χ3n) is 4.76. The minimum absolute atomic E-state index is 0. The Hall–Kier alpha value is -3.71. The van der Waals surface area contributed by atoms with Crippen LogP contribution in [0.2, 0.25) is 0 Å². The van der Waals surface area contributed by atoms with E-state index in [0.717, 1.165) is 12.2 Å². The Kier molecular flexibility index (Phi) is 21.4. The first-order valence-electron chi connectivity index (χ1n) is 13.7. The normalized spacial score (nSPS) is 11.4. The Bertz CT molecular complexity index is 1180. The van der Waals surface area contributed by atoms with Crippen molar-refractivity contribution in [3.63, 3.8) is 0 Å². The van der Waals surface area contributed by atoms with Crippen molar-refractivity contribution in [2.75, 3.05) is 0 Å². The maximum atomic E-state index is 11.7. The standard InChI is InChI=1S/2C13H15NO4.2C3H8O.Ti/c2*1-13(2,3)12(16)8-11(15)9-4-6-10(7-5-9)14(17)18;2*1-3(2)4;/h2*4-8,15H,1-3H3;2*3-4H,1-2H3;/b2*11-8-;;;. The number of benzene rings is 2. The van der Waals surface area contributed by atoms with Crippen LogP contribution in [0.5, 0.6) is 0 Å². The summed E-state index contributed by atoms with van der Waals surface area (Å²) in [6, 6.07) is 10.7. The molecule has 0 radical (unpaired) electrons. The zero-order chi connectivity index (χ0) is 35.0. The van der Waals surface area contributed by atoms with Gasteiger partial charge in [-0.1, -0.05) is 41.5 Å². The van der Waals surface area contributed by atoms with Crippen molar-refractivity contribution in [2.24, 2.45) is 10.8 Å². The number of aliphatic hydroxyl groups excluding tert-OH is 4. The van der Waals surface area contributed by atoms with E-state index in [0.29, 0.717) is 11.1 Å². The smallest absolute Gasteiger partial charge is 0.269 e. The molecule has 0 aliphatic heterocycles. The Morgan fingerprint density at radius 1 is 0.622 bits per heavy atom. The molecule has 13 heteroatoms. The minimum Gasteiger partial charge on any atom is -0.507 e. The second kappa shape index (κ2) is 21.1. The molecule has 0 saturated carbocycles. The van der Waals surface area contributed by atoms with Gasteiger partial charge in [0, 0.05) is 92.3 Å². The van der Waals surface area contributed by atoms with Crippen molar-refractivity contribution < 1.29 is 61.6 Å². The molecule has 12 nitrogen and oxygen atoms in total. The van der Waals surface area contributed by atoms with Crippen molar-refractivity contribution in [2.45, 2.75) is 81.4 Å². The molecule has 0 spiro atoms. The van der Waals surface area contributed by atoms with Crippen molar-refractivity contribution in [3.05, 3.63) is 92.0 Å². The van der Waals surface area contributed by atoms with Crippen LogP contribution >= 0.6 is 0 Å². The molecule has 0 heterocycles. The number of non-ortho nitro benzene ring substituents is 2. The average molecular weight is 667 g/mol. The Balaban J connectivity index is -0.000000621. The van der Waals surface area contributed by atoms with E-state index in [-0.39, 0.29) is 68.4 Å². The number of hydrogen-bond donors (Lipinski definition) is 4. The van der Waals surface area contributed by atoms with Crippen LogP contribution in [0, 0.1) is 31.1 Å². The molecule has 0 aliphatic rings. The summed E-state index contributed by atoms with van der Waals surface area (Å²) in [4.78, 5) is 43.2. The van der Waals surface area contributed by atoms with Crippen molar-refractivity contribution in [1.29, 1.82) is 0 Å². The van der Waals surface area contributed by atoms with Crippen molar-refractivity contribution in [3.8, 4) is 0 Å². The molecule has 2 aromatic rings. The van der Waals surface area contributed by atoms with Gasteiger partial charge in [0.2, 0.25) is 0 Å². The van der Waals surface area contributed by atoms with Gasteiger partial charge in [-0.25, -0.2) is 0 Å². The van der Waals surface area contributed by atoms with Gasteiger partial charge in [-0.2, -0.15) is 0 Å². The molecule has 0 unspecified atom stereocenters. The van der Waals surface area contributed by atoms with Crippen LogP contribution in [-0.2, 0) is 31.3 Å². The number of nitro groups is 2. The largest absolute Gasteiger partial charge is 0.507 e. The van der Waals surface area contributed by atoms with Crippen LogP contribution in [0.1, 0.15) is 80.4 Å². The summed E-state index contributed by atoms with van der Waals surface area (Å²) >= 11 is 0. The molecule has 248 valence electrons. The van der Waals surface area contributed by atoms with E-state index in [1.165, 1.54) is 48.5 Å². The van der Waals surface area contributed by atoms with Crippen LogP contribution < -0.4 is 0 Å². The number of aliphatic hydroxyl groups is 4. The Morgan fingerprint density at radius 2 is 0.822 bits per heavy atom. The summed E-state index contributed by atoms with van der Waals surface area (Å²) in [6.07, 6.45) is 1.95.